The van der Waals surface area contributed by atoms with Gasteiger partial charge >= 0.3 is 0 Å². The van der Waals surface area contributed by atoms with Crippen molar-refractivity contribution in [1.82, 2.24) is 9.55 Å². The van der Waals surface area contributed by atoms with Gasteiger partial charge in [0, 0.05) is 5.69 Å². The average molecular weight is 383 g/mol. The third-order valence-corrected chi connectivity index (χ3v) is 4.73. The summed E-state index contributed by atoms with van der Waals surface area (Å²) in [5, 5.41) is 2.82. The maximum Gasteiger partial charge on any atom is 0.283 e. The molecule has 1 amide bonds. The summed E-state index contributed by atoms with van der Waals surface area (Å²) in [5.74, 6) is -0.507. The van der Waals surface area contributed by atoms with Crippen LogP contribution >= 0.6 is 0 Å². The highest BCUT2D eigenvalue weighted by atomic mass is 16.2. The highest BCUT2D eigenvalue weighted by Gasteiger charge is 2.18. The Morgan fingerprint density at radius 3 is 2.31 bits per heavy atom. The molecule has 0 fully saturated rings. The van der Waals surface area contributed by atoms with Crippen LogP contribution in [0.2, 0.25) is 0 Å². The number of carbonyl (C=O) groups excluding carboxylic acids is 1. The Hall–Kier alpha value is -3.73. The van der Waals surface area contributed by atoms with Crippen LogP contribution in [0.25, 0.3) is 11.0 Å². The quantitative estimate of drug-likeness (QED) is 0.571. The smallest absolute Gasteiger partial charge is 0.283 e. The van der Waals surface area contributed by atoms with Gasteiger partial charge in [0.25, 0.3) is 11.5 Å². The molecule has 144 valence electrons. The molecule has 0 aliphatic heterocycles. The monoisotopic (exact) mass is 383 g/mol. The number of para-hydroxylation sites is 2. The number of hydrogen-bond acceptors (Lipinski definition) is 3. The predicted molar refractivity (Wildman–Crippen MR) is 115 cm³/mol. The summed E-state index contributed by atoms with van der Waals surface area (Å²) in [7, 11) is 0. The molecule has 1 aromatic heterocycles. The number of nitrogens with one attached hydrogen (secondary N) is 1. The SMILES string of the molecule is Cc1cc(C)cc(NC(=O)c2nc3ccccc3n(Cc3ccccc3)c2=O)c1. The first-order valence-electron chi connectivity index (χ1n) is 9.44. The van der Waals surface area contributed by atoms with E-state index in [9.17, 15) is 9.59 Å². The van der Waals surface area contributed by atoms with Crippen LogP contribution in [0.4, 0.5) is 5.69 Å². The van der Waals surface area contributed by atoms with E-state index in [0.717, 1.165) is 16.7 Å². The first kappa shape index (κ1) is 18.6. The Kier molecular flexibility index (Phi) is 4.96. The van der Waals surface area contributed by atoms with Crippen LogP contribution in [0.15, 0.2) is 77.6 Å². The number of benzene rings is 3. The fourth-order valence-corrected chi connectivity index (χ4v) is 3.50. The van der Waals surface area contributed by atoms with Crippen LogP contribution < -0.4 is 10.9 Å². The molecule has 1 heterocycles. The van der Waals surface area contributed by atoms with Crippen molar-refractivity contribution in [3.63, 3.8) is 0 Å². The van der Waals surface area contributed by atoms with Crippen molar-refractivity contribution >= 4 is 22.6 Å². The highest BCUT2D eigenvalue weighted by molar-refractivity contribution is 6.03. The van der Waals surface area contributed by atoms with Gasteiger partial charge in [-0.3, -0.25) is 9.59 Å². The largest absolute Gasteiger partial charge is 0.320 e. The number of anilines is 1. The zero-order valence-corrected chi connectivity index (χ0v) is 16.3. The summed E-state index contributed by atoms with van der Waals surface area (Å²) in [6.07, 6.45) is 0. The molecule has 0 unspecified atom stereocenters. The lowest BCUT2D eigenvalue weighted by atomic mass is 10.1. The molecule has 4 aromatic rings. The van der Waals surface area contributed by atoms with Crippen molar-refractivity contribution in [2.24, 2.45) is 0 Å². The first-order valence-corrected chi connectivity index (χ1v) is 9.44. The molecule has 0 bridgehead atoms. The molecule has 0 saturated heterocycles. The van der Waals surface area contributed by atoms with Gasteiger partial charge in [0.1, 0.15) is 0 Å². The van der Waals surface area contributed by atoms with Crippen LogP contribution in [-0.2, 0) is 6.54 Å². The Bertz CT molecular complexity index is 1240. The van der Waals surface area contributed by atoms with Gasteiger partial charge in [0.05, 0.1) is 17.6 Å². The topological polar surface area (TPSA) is 64.0 Å². The molecule has 0 atom stereocenters. The van der Waals surface area contributed by atoms with Crippen LogP contribution in [0, 0.1) is 13.8 Å². The Balaban J connectivity index is 1.79. The van der Waals surface area contributed by atoms with E-state index in [1.165, 1.54) is 0 Å². The Morgan fingerprint density at radius 1 is 0.931 bits per heavy atom. The molecule has 0 spiro atoms. The van der Waals surface area contributed by atoms with E-state index < -0.39 is 11.5 Å². The number of aryl methyl sites for hydroxylation is 2. The van der Waals surface area contributed by atoms with Crippen molar-refractivity contribution in [1.29, 1.82) is 0 Å². The Labute approximate surface area is 168 Å². The minimum absolute atomic E-state index is 0.112. The van der Waals surface area contributed by atoms with Crippen molar-refractivity contribution in [3.8, 4) is 0 Å². The molecule has 5 heteroatoms. The standard InChI is InChI=1S/C24H21N3O2/c1-16-12-17(2)14-19(13-16)25-23(28)22-24(29)27(15-18-8-4-3-5-9-18)21-11-7-6-10-20(21)26-22/h3-14H,15H2,1-2H3,(H,25,28). The third kappa shape index (κ3) is 3.94. The number of rotatable bonds is 4. The van der Waals surface area contributed by atoms with Crippen LogP contribution in [0.5, 0.6) is 0 Å². The summed E-state index contributed by atoms with van der Waals surface area (Å²) in [5.41, 5.74) is 4.48. The Morgan fingerprint density at radius 2 is 1.59 bits per heavy atom. The number of hydrogen-bond donors (Lipinski definition) is 1. The number of aromatic nitrogens is 2. The van der Waals surface area contributed by atoms with E-state index in [1.807, 2.05) is 86.6 Å². The molecule has 5 nitrogen and oxygen atoms in total. The molecule has 4 rings (SSSR count). The van der Waals surface area contributed by atoms with Gasteiger partial charge in [-0.25, -0.2) is 4.98 Å². The molecule has 0 radical (unpaired) electrons. The lowest BCUT2D eigenvalue weighted by Gasteiger charge is -2.13. The molecule has 0 aliphatic rings. The predicted octanol–water partition coefficient (Wildman–Crippen LogP) is 4.31. The summed E-state index contributed by atoms with van der Waals surface area (Å²) in [6, 6.07) is 22.8. The summed E-state index contributed by atoms with van der Waals surface area (Å²) >= 11 is 0. The van der Waals surface area contributed by atoms with E-state index in [-0.39, 0.29) is 5.69 Å². The van der Waals surface area contributed by atoms with E-state index in [0.29, 0.717) is 23.3 Å². The lowest BCUT2D eigenvalue weighted by Crippen LogP contribution is -2.31. The third-order valence-electron chi connectivity index (χ3n) is 4.73. The second kappa shape index (κ2) is 7.72. The maximum atomic E-state index is 13.2. The fraction of sp³-hybridized carbons (Fsp3) is 0.125. The van der Waals surface area contributed by atoms with Gasteiger partial charge < -0.3 is 9.88 Å². The van der Waals surface area contributed by atoms with Crippen LogP contribution in [-0.4, -0.2) is 15.5 Å². The van der Waals surface area contributed by atoms with E-state index in [4.69, 9.17) is 0 Å². The molecule has 29 heavy (non-hydrogen) atoms. The van der Waals surface area contributed by atoms with Crippen LogP contribution in [0.3, 0.4) is 0 Å². The van der Waals surface area contributed by atoms with E-state index in [2.05, 4.69) is 10.3 Å². The summed E-state index contributed by atoms with van der Waals surface area (Å²) in [6.45, 7) is 4.29. The molecule has 0 saturated carbocycles. The van der Waals surface area contributed by atoms with Crippen molar-refractivity contribution in [3.05, 3.63) is 106 Å². The second-order valence-electron chi connectivity index (χ2n) is 7.16. The van der Waals surface area contributed by atoms with Crippen molar-refractivity contribution < 1.29 is 4.79 Å². The number of fused-ring (bicyclic) bond motifs is 1. The van der Waals surface area contributed by atoms with Gasteiger partial charge in [-0.2, -0.15) is 0 Å². The number of carbonyl (C=O) groups is 1. The average Bonchev–Trinajstić information content (AvgIpc) is 2.70. The zero-order chi connectivity index (χ0) is 20.4. The molecule has 1 N–H and O–H groups in total. The summed E-state index contributed by atoms with van der Waals surface area (Å²) < 4.78 is 1.61. The molecular weight excluding hydrogens is 362 g/mol. The maximum absolute atomic E-state index is 13.2. The number of nitrogens with zero attached hydrogens (tertiary/aromatic N) is 2. The number of amides is 1. The highest BCUT2D eigenvalue weighted by Crippen LogP contribution is 2.16. The van der Waals surface area contributed by atoms with Gasteiger partial charge in [0.2, 0.25) is 0 Å². The molecule has 3 aromatic carbocycles. The van der Waals surface area contributed by atoms with Gasteiger partial charge in [-0.1, -0.05) is 48.5 Å². The first-order chi connectivity index (χ1) is 14.0. The fourth-order valence-electron chi connectivity index (χ4n) is 3.50. The van der Waals surface area contributed by atoms with Crippen molar-refractivity contribution in [2.45, 2.75) is 20.4 Å². The molecule has 0 aliphatic carbocycles. The zero-order valence-electron chi connectivity index (χ0n) is 16.3. The summed E-state index contributed by atoms with van der Waals surface area (Å²) in [4.78, 5) is 30.5. The van der Waals surface area contributed by atoms with E-state index >= 15 is 0 Å². The minimum atomic E-state index is -0.507. The minimum Gasteiger partial charge on any atom is -0.320 e. The normalized spacial score (nSPS) is 10.8. The molecular formula is C24H21N3O2. The van der Waals surface area contributed by atoms with Gasteiger partial charge in [-0.15, -0.1) is 0 Å². The van der Waals surface area contributed by atoms with Gasteiger partial charge in [-0.05, 0) is 54.8 Å². The van der Waals surface area contributed by atoms with Crippen LogP contribution in [0.1, 0.15) is 27.2 Å². The second-order valence-corrected chi connectivity index (χ2v) is 7.16. The van der Waals surface area contributed by atoms with Gasteiger partial charge in [0.15, 0.2) is 5.69 Å². The van der Waals surface area contributed by atoms with Crippen molar-refractivity contribution in [2.75, 3.05) is 5.32 Å². The van der Waals surface area contributed by atoms with E-state index in [1.54, 1.807) is 4.57 Å². The lowest BCUT2D eigenvalue weighted by molar-refractivity contribution is 0.102.